The highest BCUT2D eigenvalue weighted by atomic mass is 79.9. The predicted octanol–water partition coefficient (Wildman–Crippen LogP) is 4.55. The van der Waals surface area contributed by atoms with Crippen molar-refractivity contribution in [2.45, 2.75) is 17.1 Å². The number of pyridine rings is 1. The Balaban J connectivity index is 1.50. The van der Waals surface area contributed by atoms with E-state index in [0.29, 0.717) is 6.61 Å². The van der Waals surface area contributed by atoms with Crippen LogP contribution in [0.1, 0.15) is 12.1 Å². The Labute approximate surface area is 146 Å². The van der Waals surface area contributed by atoms with Crippen LogP contribution in [0.25, 0.3) is 5.65 Å². The van der Waals surface area contributed by atoms with Gasteiger partial charge in [-0.05, 0) is 46.3 Å². The van der Waals surface area contributed by atoms with Crippen LogP contribution in [0.4, 0.5) is 0 Å². The lowest BCUT2D eigenvalue weighted by Crippen LogP contribution is -1.97. The van der Waals surface area contributed by atoms with E-state index in [-0.39, 0.29) is 0 Å². The van der Waals surface area contributed by atoms with Gasteiger partial charge in [-0.15, -0.1) is 11.8 Å². The molecule has 2 aromatic heterocycles. The van der Waals surface area contributed by atoms with Crippen LogP contribution in [0.15, 0.2) is 52.1 Å². The van der Waals surface area contributed by atoms with Crippen LogP contribution >= 0.6 is 27.7 Å². The fourth-order valence-electron chi connectivity index (χ4n) is 2.48. The van der Waals surface area contributed by atoms with Crippen LogP contribution in [-0.4, -0.2) is 22.6 Å². The minimum atomic E-state index is 0.711. The number of ether oxygens (including phenoxy) is 2. The number of rotatable bonds is 3. The normalized spacial score (nSPS) is 14.0. The van der Waals surface area contributed by atoms with Gasteiger partial charge < -0.3 is 13.9 Å². The second-order valence-corrected chi connectivity index (χ2v) is 7.26. The molecule has 0 aliphatic carbocycles. The number of nitrogens with zero attached hydrogens (tertiary/aromatic N) is 2. The Bertz CT molecular complexity index is 850. The van der Waals surface area contributed by atoms with Crippen molar-refractivity contribution in [2.24, 2.45) is 0 Å². The van der Waals surface area contributed by atoms with E-state index in [2.05, 4.69) is 39.2 Å². The quantitative estimate of drug-likeness (QED) is 0.614. The van der Waals surface area contributed by atoms with Gasteiger partial charge >= 0.3 is 0 Å². The Morgan fingerprint density at radius 1 is 1.09 bits per heavy atom. The van der Waals surface area contributed by atoms with Crippen molar-refractivity contribution in [3.63, 3.8) is 0 Å². The van der Waals surface area contributed by atoms with Gasteiger partial charge in [0.15, 0.2) is 11.5 Å². The number of thioether (sulfide) groups is 1. The van der Waals surface area contributed by atoms with E-state index in [1.807, 2.05) is 28.8 Å². The van der Waals surface area contributed by atoms with Crippen molar-refractivity contribution in [1.82, 2.24) is 9.38 Å². The molecule has 0 saturated heterocycles. The molecule has 1 aromatic carbocycles. The van der Waals surface area contributed by atoms with E-state index in [0.717, 1.165) is 51.0 Å². The molecular formula is C17H15BrN2O2S. The first-order valence-corrected chi connectivity index (χ1v) is 9.21. The third-order valence-electron chi connectivity index (χ3n) is 3.57. The van der Waals surface area contributed by atoms with Crippen molar-refractivity contribution >= 4 is 33.3 Å². The number of halogens is 1. The summed E-state index contributed by atoms with van der Waals surface area (Å²) in [6, 6.07) is 10.1. The van der Waals surface area contributed by atoms with Gasteiger partial charge in [0.2, 0.25) is 0 Å². The third kappa shape index (κ3) is 3.33. The molecule has 23 heavy (non-hydrogen) atoms. The second-order valence-electron chi connectivity index (χ2n) is 5.29. The van der Waals surface area contributed by atoms with Crippen molar-refractivity contribution in [2.75, 3.05) is 13.2 Å². The van der Waals surface area contributed by atoms with Gasteiger partial charge in [0, 0.05) is 33.9 Å². The first-order valence-electron chi connectivity index (χ1n) is 7.43. The molecule has 0 amide bonds. The summed E-state index contributed by atoms with van der Waals surface area (Å²) in [5.41, 5.74) is 2.02. The summed E-state index contributed by atoms with van der Waals surface area (Å²) in [4.78, 5) is 5.80. The zero-order valence-corrected chi connectivity index (χ0v) is 14.8. The topological polar surface area (TPSA) is 35.8 Å². The fraction of sp³-hybridized carbons (Fsp3) is 0.235. The zero-order chi connectivity index (χ0) is 15.6. The summed E-state index contributed by atoms with van der Waals surface area (Å²) in [5.74, 6) is 2.50. The Kier molecular flexibility index (Phi) is 4.18. The number of hydrogen-bond donors (Lipinski definition) is 0. The Hall–Kier alpha value is -1.66. The molecule has 0 spiro atoms. The molecule has 3 heterocycles. The molecule has 0 bridgehead atoms. The molecule has 0 N–H and O–H groups in total. The second kappa shape index (κ2) is 6.45. The van der Waals surface area contributed by atoms with Crippen LogP contribution in [0.3, 0.4) is 0 Å². The molecule has 1 aliphatic heterocycles. The third-order valence-corrected chi connectivity index (χ3v) is 5.07. The van der Waals surface area contributed by atoms with Gasteiger partial charge in [-0.1, -0.05) is 0 Å². The molecule has 0 radical (unpaired) electrons. The number of aromatic nitrogens is 2. The van der Waals surface area contributed by atoms with Gasteiger partial charge in [0.05, 0.1) is 18.9 Å². The largest absolute Gasteiger partial charge is 0.490 e. The molecule has 4 nitrogen and oxygen atoms in total. The molecule has 0 saturated carbocycles. The predicted molar refractivity (Wildman–Crippen MR) is 94.5 cm³/mol. The van der Waals surface area contributed by atoms with E-state index >= 15 is 0 Å². The zero-order valence-electron chi connectivity index (χ0n) is 12.4. The maximum absolute atomic E-state index is 5.74. The molecule has 0 unspecified atom stereocenters. The van der Waals surface area contributed by atoms with Crippen molar-refractivity contribution in [1.29, 1.82) is 0 Å². The van der Waals surface area contributed by atoms with Crippen LogP contribution in [0, 0.1) is 0 Å². The Morgan fingerprint density at radius 3 is 2.87 bits per heavy atom. The monoisotopic (exact) mass is 390 g/mol. The summed E-state index contributed by atoms with van der Waals surface area (Å²) < 4.78 is 14.5. The summed E-state index contributed by atoms with van der Waals surface area (Å²) in [5, 5.41) is 0. The van der Waals surface area contributed by atoms with Gasteiger partial charge in [-0.2, -0.15) is 0 Å². The molecule has 0 fully saturated rings. The molecule has 4 rings (SSSR count). The van der Waals surface area contributed by atoms with Gasteiger partial charge in [-0.3, -0.25) is 0 Å². The number of hydrogen-bond acceptors (Lipinski definition) is 4. The molecule has 118 valence electrons. The highest BCUT2D eigenvalue weighted by molar-refractivity contribution is 9.10. The molecule has 6 heteroatoms. The summed E-state index contributed by atoms with van der Waals surface area (Å²) in [6.07, 6.45) is 5.01. The van der Waals surface area contributed by atoms with E-state index in [4.69, 9.17) is 9.47 Å². The first kappa shape index (κ1) is 14.9. The van der Waals surface area contributed by atoms with Crippen LogP contribution < -0.4 is 9.47 Å². The summed E-state index contributed by atoms with van der Waals surface area (Å²) in [6.45, 7) is 1.43. The molecule has 1 aliphatic rings. The summed E-state index contributed by atoms with van der Waals surface area (Å²) >= 11 is 5.23. The first-order chi connectivity index (χ1) is 11.3. The van der Waals surface area contributed by atoms with Gasteiger partial charge in [-0.25, -0.2) is 4.98 Å². The van der Waals surface area contributed by atoms with Crippen molar-refractivity contribution in [3.05, 3.63) is 52.9 Å². The maximum atomic E-state index is 5.74. The van der Waals surface area contributed by atoms with E-state index in [1.165, 1.54) is 0 Å². The van der Waals surface area contributed by atoms with Gasteiger partial charge in [0.25, 0.3) is 0 Å². The van der Waals surface area contributed by atoms with Crippen LogP contribution in [0.5, 0.6) is 11.5 Å². The van der Waals surface area contributed by atoms with E-state index in [1.54, 1.807) is 11.8 Å². The molecular weight excluding hydrogens is 376 g/mol. The van der Waals surface area contributed by atoms with Crippen LogP contribution in [0.2, 0.25) is 0 Å². The smallest absolute Gasteiger partial charge is 0.162 e. The SMILES string of the molecule is Brc1ccc2nc(CSc3ccc4c(c3)OCCCO4)cn2c1. The van der Waals surface area contributed by atoms with Crippen molar-refractivity contribution in [3.8, 4) is 11.5 Å². The summed E-state index contributed by atoms with van der Waals surface area (Å²) in [7, 11) is 0. The number of imidazole rings is 1. The fourth-order valence-corrected chi connectivity index (χ4v) is 3.64. The lowest BCUT2D eigenvalue weighted by atomic mass is 10.3. The lowest BCUT2D eigenvalue weighted by Gasteiger charge is -2.08. The molecule has 3 aromatic rings. The average Bonchev–Trinajstić information content (AvgIpc) is 2.80. The van der Waals surface area contributed by atoms with Crippen molar-refractivity contribution < 1.29 is 9.47 Å². The maximum Gasteiger partial charge on any atom is 0.162 e. The van der Waals surface area contributed by atoms with Crippen LogP contribution in [-0.2, 0) is 5.75 Å². The highest BCUT2D eigenvalue weighted by Gasteiger charge is 2.11. The van der Waals surface area contributed by atoms with E-state index in [9.17, 15) is 0 Å². The van der Waals surface area contributed by atoms with E-state index < -0.39 is 0 Å². The lowest BCUT2D eigenvalue weighted by molar-refractivity contribution is 0.297. The Morgan fingerprint density at radius 2 is 1.96 bits per heavy atom. The highest BCUT2D eigenvalue weighted by Crippen LogP contribution is 2.34. The molecule has 0 atom stereocenters. The minimum Gasteiger partial charge on any atom is -0.490 e. The number of benzene rings is 1. The number of fused-ring (bicyclic) bond motifs is 2. The average molecular weight is 391 g/mol. The van der Waals surface area contributed by atoms with Gasteiger partial charge in [0.1, 0.15) is 5.65 Å². The standard InChI is InChI=1S/C17H15BrN2O2S/c18-12-2-5-17-19-13(10-20(17)9-12)11-23-14-3-4-15-16(8-14)22-7-1-6-21-15/h2-5,8-10H,1,6-7,11H2. The minimum absolute atomic E-state index is 0.711.